The second-order valence-electron chi connectivity index (χ2n) is 3.59. The Hall–Kier alpha value is -0.991. The summed E-state index contributed by atoms with van der Waals surface area (Å²) in [7, 11) is 0. The van der Waals surface area contributed by atoms with Crippen molar-refractivity contribution in [2.75, 3.05) is 0 Å². The van der Waals surface area contributed by atoms with Gasteiger partial charge in [0.15, 0.2) is 0 Å². The van der Waals surface area contributed by atoms with E-state index >= 15 is 0 Å². The molecule has 2 N–H and O–H groups in total. The van der Waals surface area contributed by atoms with Crippen molar-refractivity contribution in [1.29, 1.82) is 0 Å². The van der Waals surface area contributed by atoms with Gasteiger partial charge < -0.3 is 0 Å². The van der Waals surface area contributed by atoms with Crippen LogP contribution in [0.5, 0.6) is 0 Å². The number of aryl methyl sites for hydroxylation is 1. The maximum absolute atomic E-state index is 10.8. The number of carboxylic acids is 1. The second-order valence-corrected chi connectivity index (χ2v) is 5.50. The molecule has 2 aromatic heterocycles. The molecule has 0 fully saturated rings. The average Bonchev–Trinajstić information content (AvgIpc) is 2.74. The zero-order valence-corrected chi connectivity index (χ0v) is 10.3. The number of hydrogen-bond acceptors (Lipinski definition) is 1. The summed E-state index contributed by atoms with van der Waals surface area (Å²) in [5.74, 6) is -0.866. The van der Waals surface area contributed by atoms with Crippen molar-refractivity contribution >= 4 is 30.2 Å². The number of unbranched alkanes of at least 4 members (excludes halogenated alkanes) is 1. The quantitative estimate of drug-likeness (QED) is 0.837. The third kappa shape index (κ3) is 2.01. The van der Waals surface area contributed by atoms with Gasteiger partial charge in [0.25, 0.3) is 0 Å². The molecule has 0 unspecified atom stereocenters. The van der Waals surface area contributed by atoms with Gasteiger partial charge in [-0.1, -0.05) is 0 Å². The molecule has 0 aliphatic carbocycles. The SMILES string of the molecule is CCCCc1c[se]c2cc(C(=O)O)[nH]c12. The first kappa shape index (κ1) is 10.5. The molecule has 0 saturated carbocycles. The van der Waals surface area contributed by atoms with Gasteiger partial charge in [0, 0.05) is 0 Å². The fourth-order valence-electron chi connectivity index (χ4n) is 1.63. The van der Waals surface area contributed by atoms with Crippen molar-refractivity contribution in [3.8, 4) is 0 Å². The minimum atomic E-state index is -0.866. The third-order valence-corrected chi connectivity index (χ3v) is 4.51. The van der Waals surface area contributed by atoms with Crippen LogP contribution in [-0.4, -0.2) is 30.6 Å². The molecule has 0 aromatic carbocycles. The molecule has 4 heteroatoms. The molecule has 0 spiro atoms. The molecule has 0 aliphatic heterocycles. The standard InChI is InChI=1S/C11H13NO2Se/c1-2-3-4-7-6-15-9-5-8(11(13)14)12-10(7)9/h5-6,12H,2-4H2,1H3,(H,13,14). The van der Waals surface area contributed by atoms with E-state index in [0.29, 0.717) is 20.2 Å². The first-order valence-corrected chi connectivity index (χ1v) is 6.89. The fourth-order valence-corrected chi connectivity index (χ4v) is 3.71. The first-order valence-electron chi connectivity index (χ1n) is 5.04. The van der Waals surface area contributed by atoms with Crippen molar-refractivity contribution in [2.24, 2.45) is 0 Å². The van der Waals surface area contributed by atoms with E-state index < -0.39 is 5.97 Å². The summed E-state index contributed by atoms with van der Waals surface area (Å²) in [6.07, 6.45) is 3.40. The number of carbonyl (C=O) groups is 1. The molecule has 2 aromatic rings. The van der Waals surface area contributed by atoms with Gasteiger partial charge in [0.2, 0.25) is 0 Å². The van der Waals surface area contributed by atoms with Gasteiger partial charge in [-0.2, -0.15) is 0 Å². The van der Waals surface area contributed by atoms with Crippen molar-refractivity contribution in [1.82, 2.24) is 4.98 Å². The van der Waals surface area contributed by atoms with E-state index in [2.05, 4.69) is 16.8 Å². The molecule has 2 rings (SSSR count). The second kappa shape index (κ2) is 4.25. The molecule has 2 heterocycles. The zero-order chi connectivity index (χ0) is 10.8. The van der Waals surface area contributed by atoms with E-state index in [4.69, 9.17) is 5.11 Å². The minimum absolute atomic E-state index is 0.322. The van der Waals surface area contributed by atoms with Crippen LogP contribution in [0.2, 0.25) is 0 Å². The molecule has 80 valence electrons. The predicted molar refractivity (Wildman–Crippen MR) is 60.8 cm³/mol. The average molecular weight is 270 g/mol. The van der Waals surface area contributed by atoms with Gasteiger partial charge in [-0.15, -0.1) is 0 Å². The molecule has 0 saturated heterocycles. The summed E-state index contributed by atoms with van der Waals surface area (Å²) in [5, 5.41) is 8.86. The van der Waals surface area contributed by atoms with E-state index in [-0.39, 0.29) is 0 Å². The van der Waals surface area contributed by atoms with Gasteiger partial charge in [0.05, 0.1) is 0 Å². The Kier molecular flexibility index (Phi) is 2.98. The van der Waals surface area contributed by atoms with Crippen molar-refractivity contribution in [3.63, 3.8) is 0 Å². The fraction of sp³-hybridized carbons (Fsp3) is 0.364. The van der Waals surface area contributed by atoms with Crippen LogP contribution in [0.3, 0.4) is 0 Å². The maximum atomic E-state index is 10.8. The summed E-state index contributed by atoms with van der Waals surface area (Å²) < 4.78 is 1.19. The van der Waals surface area contributed by atoms with Gasteiger partial charge in [-0.25, -0.2) is 0 Å². The van der Waals surface area contributed by atoms with Crippen LogP contribution in [0.15, 0.2) is 11.0 Å². The van der Waals surface area contributed by atoms with Crippen LogP contribution in [0, 0.1) is 0 Å². The number of H-pyrrole nitrogens is 1. The summed E-state index contributed by atoms with van der Waals surface area (Å²) in [4.78, 5) is 16.0. The predicted octanol–water partition coefficient (Wildman–Crippen LogP) is 2.27. The van der Waals surface area contributed by atoms with E-state index in [1.54, 1.807) is 6.07 Å². The molecule has 0 radical (unpaired) electrons. The number of fused-ring (bicyclic) bond motifs is 1. The molecule has 0 aliphatic rings. The van der Waals surface area contributed by atoms with Gasteiger partial charge in [-0.05, 0) is 0 Å². The monoisotopic (exact) mass is 271 g/mol. The Labute approximate surface area is 93.9 Å². The van der Waals surface area contributed by atoms with Gasteiger partial charge in [0.1, 0.15) is 0 Å². The first-order chi connectivity index (χ1) is 7.22. The summed E-state index contributed by atoms with van der Waals surface area (Å²) in [6.45, 7) is 2.17. The number of nitrogens with one attached hydrogen (secondary N) is 1. The van der Waals surface area contributed by atoms with Gasteiger partial charge >= 0.3 is 93.6 Å². The molecule has 0 amide bonds. The zero-order valence-electron chi connectivity index (χ0n) is 8.54. The molecular weight excluding hydrogens is 257 g/mol. The Bertz CT molecular complexity index is 484. The Morgan fingerprint density at radius 2 is 2.40 bits per heavy atom. The Morgan fingerprint density at radius 1 is 1.60 bits per heavy atom. The molecular formula is C11H13NO2Se. The summed E-state index contributed by atoms with van der Waals surface area (Å²) in [5.41, 5.74) is 2.70. The topological polar surface area (TPSA) is 53.1 Å². The van der Waals surface area contributed by atoms with Crippen LogP contribution < -0.4 is 0 Å². The van der Waals surface area contributed by atoms with Gasteiger partial charge in [-0.3, -0.25) is 0 Å². The Morgan fingerprint density at radius 3 is 3.07 bits per heavy atom. The number of rotatable bonds is 4. The third-order valence-electron chi connectivity index (χ3n) is 2.46. The van der Waals surface area contributed by atoms with Crippen LogP contribution in [0.25, 0.3) is 9.78 Å². The molecule has 3 nitrogen and oxygen atoms in total. The van der Waals surface area contributed by atoms with E-state index in [1.807, 2.05) is 0 Å². The summed E-state index contributed by atoms with van der Waals surface area (Å²) in [6, 6.07) is 1.77. The number of carboxylic acid groups (broad SMARTS) is 1. The molecule has 0 bridgehead atoms. The van der Waals surface area contributed by atoms with E-state index in [9.17, 15) is 4.79 Å². The van der Waals surface area contributed by atoms with Crippen LogP contribution >= 0.6 is 0 Å². The normalized spacial score (nSPS) is 11.0. The molecule has 0 atom stereocenters. The number of aromatic amines is 1. The van der Waals surface area contributed by atoms with Crippen LogP contribution in [0.4, 0.5) is 0 Å². The Balaban J connectivity index is 2.36. The number of aromatic carboxylic acids is 1. The van der Waals surface area contributed by atoms with Crippen LogP contribution in [0.1, 0.15) is 35.8 Å². The van der Waals surface area contributed by atoms with E-state index in [1.165, 1.54) is 22.7 Å². The van der Waals surface area contributed by atoms with E-state index in [0.717, 1.165) is 11.9 Å². The van der Waals surface area contributed by atoms with Crippen molar-refractivity contribution < 1.29 is 9.90 Å². The number of aromatic nitrogens is 1. The summed E-state index contributed by atoms with van der Waals surface area (Å²) >= 11 is 0.322. The molecule has 15 heavy (non-hydrogen) atoms. The van der Waals surface area contributed by atoms with Crippen molar-refractivity contribution in [2.45, 2.75) is 26.2 Å². The van der Waals surface area contributed by atoms with Crippen molar-refractivity contribution in [3.05, 3.63) is 22.3 Å². The van der Waals surface area contributed by atoms with Crippen LogP contribution in [-0.2, 0) is 6.42 Å². The number of hydrogen-bond donors (Lipinski definition) is 2.